The monoisotopic (exact) mass is 324 g/mol. The van der Waals surface area contributed by atoms with Gasteiger partial charge in [0.15, 0.2) is 0 Å². The van der Waals surface area contributed by atoms with E-state index in [1.165, 1.54) is 16.5 Å². The summed E-state index contributed by atoms with van der Waals surface area (Å²) in [4.78, 5) is 2.60. The Morgan fingerprint density at radius 3 is 2.84 bits per heavy atom. The third kappa shape index (κ3) is 4.30. The minimum atomic E-state index is 0.495. The van der Waals surface area contributed by atoms with Crippen LogP contribution < -0.4 is 5.32 Å². The Labute approximate surface area is 125 Å². The van der Waals surface area contributed by atoms with Crippen LogP contribution in [0.3, 0.4) is 0 Å². The highest BCUT2D eigenvalue weighted by Gasteiger charge is 2.24. The molecule has 0 radical (unpaired) electrons. The number of nitrogens with zero attached hydrogens (tertiary/aromatic N) is 1. The summed E-state index contributed by atoms with van der Waals surface area (Å²) in [6.45, 7) is 10.3. The molecule has 2 atom stereocenters. The molecular weight excluding hydrogens is 300 g/mol. The summed E-state index contributed by atoms with van der Waals surface area (Å²) in [7, 11) is 0. The molecule has 2 unspecified atom stereocenters. The fourth-order valence-corrected chi connectivity index (χ4v) is 3.32. The Morgan fingerprint density at radius 2 is 2.16 bits per heavy atom. The number of hydrogen-bond acceptors (Lipinski definition) is 2. The Balaban J connectivity index is 2.00. The number of piperazine rings is 1. The maximum atomic E-state index is 3.65. The molecule has 2 rings (SSSR count). The molecule has 1 aliphatic rings. The molecule has 0 aliphatic carbocycles. The molecular formula is C16H25BrN2. The molecule has 0 saturated carbocycles. The molecule has 0 aromatic heterocycles. The van der Waals surface area contributed by atoms with Crippen molar-refractivity contribution in [2.24, 2.45) is 5.92 Å². The van der Waals surface area contributed by atoms with E-state index in [1.54, 1.807) is 0 Å². The summed E-state index contributed by atoms with van der Waals surface area (Å²) in [5.74, 6) is 0.763. The van der Waals surface area contributed by atoms with Crippen molar-refractivity contribution in [2.45, 2.75) is 39.3 Å². The zero-order chi connectivity index (χ0) is 13.8. The summed E-state index contributed by atoms with van der Waals surface area (Å²) in [5, 5.41) is 3.65. The Bertz CT molecular complexity index is 405. The molecule has 1 saturated heterocycles. The van der Waals surface area contributed by atoms with E-state index >= 15 is 0 Å². The van der Waals surface area contributed by atoms with Crippen molar-refractivity contribution < 1.29 is 0 Å². The van der Waals surface area contributed by atoms with Gasteiger partial charge < -0.3 is 5.32 Å². The van der Waals surface area contributed by atoms with Crippen molar-refractivity contribution >= 4 is 15.9 Å². The minimum absolute atomic E-state index is 0.495. The average molecular weight is 325 g/mol. The van der Waals surface area contributed by atoms with Crippen molar-refractivity contribution in [3.63, 3.8) is 0 Å². The van der Waals surface area contributed by atoms with Gasteiger partial charge >= 0.3 is 0 Å². The number of nitrogens with one attached hydrogen (secondary N) is 1. The van der Waals surface area contributed by atoms with Gasteiger partial charge in [-0.05, 0) is 37.0 Å². The van der Waals surface area contributed by atoms with Crippen LogP contribution in [0.1, 0.15) is 38.8 Å². The predicted octanol–water partition coefficient (Wildman–Crippen LogP) is 3.83. The van der Waals surface area contributed by atoms with Gasteiger partial charge in [0.05, 0.1) is 0 Å². The third-order valence-corrected chi connectivity index (χ3v) is 4.41. The van der Waals surface area contributed by atoms with Crippen molar-refractivity contribution in [3.05, 3.63) is 34.3 Å². The molecule has 19 heavy (non-hydrogen) atoms. The molecule has 1 aliphatic heterocycles. The molecule has 1 aromatic carbocycles. The third-order valence-electron chi connectivity index (χ3n) is 3.92. The second-order valence-electron chi connectivity index (χ2n) is 6.01. The molecule has 2 nitrogen and oxygen atoms in total. The lowest BCUT2D eigenvalue weighted by molar-refractivity contribution is 0.144. The second-order valence-corrected chi connectivity index (χ2v) is 6.92. The minimum Gasteiger partial charge on any atom is -0.311 e. The van der Waals surface area contributed by atoms with E-state index in [0.29, 0.717) is 12.1 Å². The van der Waals surface area contributed by atoms with Gasteiger partial charge in [-0.3, -0.25) is 4.90 Å². The average Bonchev–Trinajstić information content (AvgIpc) is 2.37. The lowest BCUT2D eigenvalue weighted by atomic mass is 9.99. The first-order valence-electron chi connectivity index (χ1n) is 7.29. The number of benzene rings is 1. The smallest absolute Gasteiger partial charge is 0.0321 e. The van der Waals surface area contributed by atoms with Crippen LogP contribution in [0.5, 0.6) is 0 Å². The van der Waals surface area contributed by atoms with Crippen molar-refractivity contribution in [1.29, 1.82) is 0 Å². The first-order valence-corrected chi connectivity index (χ1v) is 8.08. The standard InChI is InChI=1S/C16H25BrN2/c1-12(2)9-16-11-19(8-7-18-16)13(3)14-5-4-6-15(17)10-14/h4-6,10,12-13,16,18H,7-9,11H2,1-3H3. The molecule has 0 amide bonds. The largest absolute Gasteiger partial charge is 0.311 e. The van der Waals surface area contributed by atoms with E-state index in [-0.39, 0.29) is 0 Å². The van der Waals surface area contributed by atoms with Crippen LogP contribution >= 0.6 is 15.9 Å². The second kappa shape index (κ2) is 6.87. The van der Waals surface area contributed by atoms with E-state index in [9.17, 15) is 0 Å². The van der Waals surface area contributed by atoms with Gasteiger partial charge in [0.25, 0.3) is 0 Å². The maximum absolute atomic E-state index is 3.65. The molecule has 1 heterocycles. The van der Waals surface area contributed by atoms with Crippen LogP contribution in [0.25, 0.3) is 0 Å². The van der Waals surface area contributed by atoms with Gasteiger partial charge in [-0.25, -0.2) is 0 Å². The predicted molar refractivity (Wildman–Crippen MR) is 85.4 cm³/mol. The van der Waals surface area contributed by atoms with Gasteiger partial charge in [0.1, 0.15) is 0 Å². The van der Waals surface area contributed by atoms with Crippen LogP contribution in [0.2, 0.25) is 0 Å². The summed E-state index contributed by atoms with van der Waals surface area (Å²) < 4.78 is 1.17. The highest BCUT2D eigenvalue weighted by atomic mass is 79.9. The normalized spacial score (nSPS) is 22.7. The maximum Gasteiger partial charge on any atom is 0.0321 e. The zero-order valence-electron chi connectivity index (χ0n) is 12.2. The Hall–Kier alpha value is -0.380. The Morgan fingerprint density at radius 1 is 1.37 bits per heavy atom. The molecule has 1 aromatic rings. The highest BCUT2D eigenvalue weighted by molar-refractivity contribution is 9.10. The summed E-state index contributed by atoms with van der Waals surface area (Å²) in [6, 6.07) is 9.83. The molecule has 106 valence electrons. The van der Waals surface area contributed by atoms with E-state index in [0.717, 1.165) is 25.6 Å². The van der Waals surface area contributed by atoms with Crippen molar-refractivity contribution in [2.75, 3.05) is 19.6 Å². The van der Waals surface area contributed by atoms with Crippen LogP contribution in [0.15, 0.2) is 28.7 Å². The van der Waals surface area contributed by atoms with E-state index in [1.807, 2.05) is 0 Å². The molecule has 1 fully saturated rings. The van der Waals surface area contributed by atoms with Crippen molar-refractivity contribution in [1.82, 2.24) is 10.2 Å². The van der Waals surface area contributed by atoms with E-state index in [4.69, 9.17) is 0 Å². The fourth-order valence-electron chi connectivity index (χ4n) is 2.91. The summed E-state index contributed by atoms with van der Waals surface area (Å²) >= 11 is 3.57. The van der Waals surface area contributed by atoms with Gasteiger partial charge in [-0.1, -0.05) is 41.9 Å². The number of halogens is 1. The van der Waals surface area contributed by atoms with Crippen LogP contribution in [0.4, 0.5) is 0 Å². The van der Waals surface area contributed by atoms with Gasteiger partial charge in [-0.15, -0.1) is 0 Å². The summed E-state index contributed by atoms with van der Waals surface area (Å²) in [5.41, 5.74) is 1.40. The molecule has 3 heteroatoms. The van der Waals surface area contributed by atoms with Gasteiger partial charge in [0, 0.05) is 36.2 Å². The molecule has 1 N–H and O–H groups in total. The van der Waals surface area contributed by atoms with Crippen LogP contribution in [-0.4, -0.2) is 30.6 Å². The number of rotatable bonds is 4. The van der Waals surface area contributed by atoms with E-state index in [2.05, 4.69) is 71.2 Å². The van der Waals surface area contributed by atoms with Gasteiger partial charge in [0.2, 0.25) is 0 Å². The van der Waals surface area contributed by atoms with Crippen LogP contribution in [-0.2, 0) is 0 Å². The SMILES string of the molecule is CC(C)CC1CN(C(C)c2cccc(Br)c2)CCN1. The lowest BCUT2D eigenvalue weighted by Gasteiger charge is -2.38. The van der Waals surface area contributed by atoms with Gasteiger partial charge in [-0.2, -0.15) is 0 Å². The molecule has 0 bridgehead atoms. The quantitative estimate of drug-likeness (QED) is 0.905. The van der Waals surface area contributed by atoms with Crippen LogP contribution in [0, 0.1) is 5.92 Å². The highest BCUT2D eigenvalue weighted by Crippen LogP contribution is 2.24. The van der Waals surface area contributed by atoms with E-state index < -0.39 is 0 Å². The number of hydrogen-bond donors (Lipinski definition) is 1. The van der Waals surface area contributed by atoms with Crippen molar-refractivity contribution in [3.8, 4) is 0 Å². The summed E-state index contributed by atoms with van der Waals surface area (Å²) in [6.07, 6.45) is 1.27. The first-order chi connectivity index (χ1) is 9.06. The topological polar surface area (TPSA) is 15.3 Å². The Kier molecular flexibility index (Phi) is 5.43. The lowest BCUT2D eigenvalue weighted by Crippen LogP contribution is -2.51. The fraction of sp³-hybridized carbons (Fsp3) is 0.625. The first kappa shape index (κ1) is 15.0. The zero-order valence-corrected chi connectivity index (χ0v) is 13.8. The molecule has 0 spiro atoms.